The van der Waals surface area contributed by atoms with Gasteiger partial charge in [-0.2, -0.15) is 0 Å². The number of benzene rings is 1. The highest BCUT2D eigenvalue weighted by molar-refractivity contribution is 7.89. The molecule has 0 aliphatic carbocycles. The molecular weight excluding hydrogens is 226 g/mol. The zero-order valence-electron chi connectivity index (χ0n) is 9.40. The van der Waals surface area contributed by atoms with E-state index in [0.717, 1.165) is 0 Å². The van der Waals surface area contributed by atoms with E-state index >= 15 is 0 Å². The van der Waals surface area contributed by atoms with Crippen LogP contribution in [0.5, 0.6) is 0 Å². The van der Waals surface area contributed by atoms with Crippen LogP contribution >= 0.6 is 0 Å². The Morgan fingerprint density at radius 2 is 1.88 bits per heavy atom. The number of primary sulfonamides is 1. The van der Waals surface area contributed by atoms with Gasteiger partial charge in [0.15, 0.2) is 0 Å². The lowest BCUT2D eigenvalue weighted by molar-refractivity contribution is 0.576. The van der Waals surface area contributed by atoms with Crippen LogP contribution in [0.15, 0.2) is 29.2 Å². The first-order valence-corrected chi connectivity index (χ1v) is 6.41. The van der Waals surface area contributed by atoms with Gasteiger partial charge in [0, 0.05) is 12.1 Å². The molecule has 0 bridgehead atoms. The summed E-state index contributed by atoms with van der Waals surface area (Å²) in [5.41, 5.74) is 5.65. The molecule has 0 spiro atoms. The van der Waals surface area contributed by atoms with E-state index in [2.05, 4.69) is 5.32 Å². The maximum absolute atomic E-state index is 11.3. The molecule has 5 N–H and O–H groups in total. The Morgan fingerprint density at radius 3 is 2.38 bits per heavy atom. The summed E-state index contributed by atoms with van der Waals surface area (Å²) in [7, 11) is -3.72. The van der Waals surface area contributed by atoms with E-state index in [1.54, 1.807) is 18.2 Å². The largest absolute Gasteiger partial charge is 0.378 e. The molecule has 1 aromatic rings. The van der Waals surface area contributed by atoms with Crippen LogP contribution in [0.3, 0.4) is 0 Å². The van der Waals surface area contributed by atoms with E-state index in [4.69, 9.17) is 10.9 Å². The predicted molar refractivity (Wildman–Crippen MR) is 64.6 cm³/mol. The van der Waals surface area contributed by atoms with Crippen molar-refractivity contribution in [3.8, 4) is 0 Å². The first-order valence-electron chi connectivity index (χ1n) is 4.86. The third kappa shape index (κ3) is 3.19. The van der Waals surface area contributed by atoms with Crippen LogP contribution in [-0.2, 0) is 10.0 Å². The first-order chi connectivity index (χ1) is 7.26. The summed E-state index contributed by atoms with van der Waals surface area (Å²) >= 11 is 0. The summed E-state index contributed by atoms with van der Waals surface area (Å²) in [5, 5.41) is 8.18. The highest BCUT2D eigenvalue weighted by atomic mass is 32.2. The molecule has 0 unspecified atom stereocenters. The highest BCUT2D eigenvalue weighted by Crippen LogP contribution is 2.22. The monoisotopic (exact) mass is 243 g/mol. The quantitative estimate of drug-likeness (QED) is 0.716. The van der Waals surface area contributed by atoms with Crippen LogP contribution in [0.4, 0.5) is 5.69 Å². The Balaban J connectivity index is 3.16. The van der Waals surface area contributed by atoms with Crippen molar-refractivity contribution < 1.29 is 8.42 Å². The smallest absolute Gasteiger partial charge is 0.240 e. The van der Waals surface area contributed by atoms with Crippen molar-refractivity contribution in [2.45, 2.75) is 24.3 Å². The Bertz CT molecular complexity index is 469. The van der Waals surface area contributed by atoms with Gasteiger partial charge in [-0.15, -0.1) is 0 Å². The molecule has 16 heavy (non-hydrogen) atoms. The van der Waals surface area contributed by atoms with Crippen LogP contribution in [0.1, 0.15) is 13.8 Å². The fraction of sp³-hybridized carbons (Fsp3) is 0.400. The number of hydrogen-bond acceptors (Lipinski definition) is 4. The maximum Gasteiger partial charge on any atom is 0.240 e. The van der Waals surface area contributed by atoms with E-state index in [1.807, 2.05) is 13.8 Å². The maximum atomic E-state index is 11.3. The zero-order chi connectivity index (χ0) is 12.4. The first kappa shape index (κ1) is 13.0. The Morgan fingerprint density at radius 1 is 1.31 bits per heavy atom. The standard InChI is InChI=1S/C10H17N3O2S/c1-10(2,7-11)13-8-5-3-4-6-9(8)16(12,14)15/h3-6,13H,7,11H2,1-2H3,(H2,12,14,15). The molecule has 0 atom stereocenters. The minimum atomic E-state index is -3.72. The molecule has 0 aromatic heterocycles. The van der Waals surface area contributed by atoms with Crippen LogP contribution in [0.2, 0.25) is 0 Å². The molecule has 0 amide bonds. The second-order valence-corrected chi connectivity index (χ2v) is 5.78. The molecule has 0 aliphatic heterocycles. The highest BCUT2D eigenvalue weighted by Gasteiger charge is 2.19. The Labute approximate surface area is 95.9 Å². The molecule has 0 radical (unpaired) electrons. The van der Waals surface area contributed by atoms with Gasteiger partial charge in [-0.3, -0.25) is 0 Å². The van der Waals surface area contributed by atoms with Crippen molar-refractivity contribution in [3.05, 3.63) is 24.3 Å². The molecule has 0 saturated carbocycles. The minimum Gasteiger partial charge on any atom is -0.378 e. The number of para-hydroxylation sites is 1. The van der Waals surface area contributed by atoms with Crippen molar-refractivity contribution >= 4 is 15.7 Å². The van der Waals surface area contributed by atoms with Gasteiger partial charge >= 0.3 is 0 Å². The number of rotatable bonds is 4. The van der Waals surface area contributed by atoms with E-state index in [9.17, 15) is 8.42 Å². The second kappa shape index (κ2) is 4.40. The molecule has 1 aromatic carbocycles. The van der Waals surface area contributed by atoms with Gasteiger partial charge in [0.1, 0.15) is 4.90 Å². The average molecular weight is 243 g/mol. The van der Waals surface area contributed by atoms with Gasteiger partial charge in [0.05, 0.1) is 5.69 Å². The molecule has 0 saturated heterocycles. The zero-order valence-corrected chi connectivity index (χ0v) is 10.2. The Hall–Kier alpha value is -1.11. The number of hydrogen-bond donors (Lipinski definition) is 3. The fourth-order valence-corrected chi connectivity index (χ4v) is 1.93. The Kier molecular flexibility index (Phi) is 3.57. The van der Waals surface area contributed by atoms with Crippen molar-refractivity contribution in [2.24, 2.45) is 10.9 Å². The van der Waals surface area contributed by atoms with Crippen LogP contribution < -0.4 is 16.2 Å². The van der Waals surface area contributed by atoms with E-state index in [0.29, 0.717) is 12.2 Å². The summed E-state index contributed by atoms with van der Waals surface area (Å²) in [6, 6.07) is 6.49. The normalized spacial score (nSPS) is 12.5. The van der Waals surface area contributed by atoms with Crippen molar-refractivity contribution in [2.75, 3.05) is 11.9 Å². The number of anilines is 1. The lowest BCUT2D eigenvalue weighted by atomic mass is 10.1. The minimum absolute atomic E-state index is 0.0801. The number of nitrogens with two attached hydrogens (primary N) is 2. The summed E-state index contributed by atoms with van der Waals surface area (Å²) in [5.74, 6) is 0. The van der Waals surface area contributed by atoms with Crippen molar-refractivity contribution in [1.82, 2.24) is 0 Å². The topological polar surface area (TPSA) is 98.2 Å². The summed E-state index contributed by atoms with van der Waals surface area (Å²) in [6.45, 7) is 4.14. The SMILES string of the molecule is CC(C)(CN)Nc1ccccc1S(N)(=O)=O. The van der Waals surface area contributed by atoms with Gasteiger partial charge in [0.2, 0.25) is 10.0 Å². The third-order valence-corrected chi connectivity index (χ3v) is 3.15. The summed E-state index contributed by atoms with van der Waals surface area (Å²) in [6.07, 6.45) is 0. The van der Waals surface area contributed by atoms with Crippen LogP contribution in [-0.4, -0.2) is 20.5 Å². The van der Waals surface area contributed by atoms with Crippen LogP contribution in [0, 0.1) is 0 Å². The van der Waals surface area contributed by atoms with Crippen LogP contribution in [0.25, 0.3) is 0 Å². The molecule has 90 valence electrons. The lowest BCUT2D eigenvalue weighted by Gasteiger charge is -2.26. The van der Waals surface area contributed by atoms with E-state index in [1.165, 1.54) is 6.07 Å². The number of nitrogens with one attached hydrogen (secondary N) is 1. The van der Waals surface area contributed by atoms with Crippen molar-refractivity contribution in [1.29, 1.82) is 0 Å². The van der Waals surface area contributed by atoms with Gasteiger partial charge < -0.3 is 11.1 Å². The molecule has 5 nitrogen and oxygen atoms in total. The van der Waals surface area contributed by atoms with Gasteiger partial charge in [-0.05, 0) is 26.0 Å². The third-order valence-electron chi connectivity index (χ3n) is 2.18. The van der Waals surface area contributed by atoms with E-state index in [-0.39, 0.29) is 10.4 Å². The predicted octanol–water partition coefficient (Wildman–Crippen LogP) is 0.483. The molecule has 0 heterocycles. The molecule has 0 aliphatic rings. The molecular formula is C10H17N3O2S. The summed E-state index contributed by atoms with van der Waals surface area (Å²) < 4.78 is 22.7. The second-order valence-electron chi connectivity index (χ2n) is 4.25. The number of sulfonamides is 1. The molecule has 0 fully saturated rings. The molecule has 1 rings (SSSR count). The van der Waals surface area contributed by atoms with Gasteiger partial charge in [-0.25, -0.2) is 13.6 Å². The fourth-order valence-electron chi connectivity index (χ4n) is 1.23. The average Bonchev–Trinajstić information content (AvgIpc) is 2.16. The van der Waals surface area contributed by atoms with E-state index < -0.39 is 10.0 Å². The summed E-state index contributed by atoms with van der Waals surface area (Å²) in [4.78, 5) is 0.0801. The lowest BCUT2D eigenvalue weighted by Crippen LogP contribution is -2.39. The van der Waals surface area contributed by atoms with Crippen molar-refractivity contribution in [3.63, 3.8) is 0 Å². The van der Waals surface area contributed by atoms with Gasteiger partial charge in [0.25, 0.3) is 0 Å². The van der Waals surface area contributed by atoms with Gasteiger partial charge in [-0.1, -0.05) is 12.1 Å². The molecule has 6 heteroatoms.